The maximum Gasteiger partial charge on any atom is 0.248 e. The van der Waals surface area contributed by atoms with Gasteiger partial charge in [-0.15, -0.1) is 0 Å². The number of furan rings is 1. The molecule has 0 N–H and O–H groups in total. The largest absolute Gasteiger partial charge is 0.455 e. The molecule has 0 aliphatic heterocycles. The van der Waals surface area contributed by atoms with Gasteiger partial charge in [-0.3, -0.25) is 0 Å². The molecule has 5 aromatic rings. The molecule has 3 aromatic carbocycles. The van der Waals surface area contributed by atoms with Crippen LogP contribution >= 0.6 is 0 Å². The van der Waals surface area contributed by atoms with E-state index in [-0.39, 0.29) is 18.8 Å². The van der Waals surface area contributed by atoms with Crippen molar-refractivity contribution in [1.82, 2.24) is 0 Å². The number of rotatable bonds is 4. The van der Waals surface area contributed by atoms with Crippen LogP contribution in [-0.2, 0) is 7.05 Å². The van der Waals surface area contributed by atoms with Crippen LogP contribution in [0.4, 0.5) is 8.78 Å². The summed E-state index contributed by atoms with van der Waals surface area (Å²) in [6.07, 6.45) is 2.16. The Balaban J connectivity index is 1.56. The van der Waals surface area contributed by atoms with E-state index in [1.54, 1.807) is 0 Å². The third-order valence-corrected chi connectivity index (χ3v) is 9.28. The number of fused-ring (bicyclic) bond motifs is 3. The SMILES string of the molecule is [2H]c1cc2cc(C3CCC(F)(F)CC3)cc3c2c([n+]1C)C(c1c(C)c(C)cc2c1oc1ccccc12)=C3CC(C)C. The first kappa shape index (κ1) is 24.3. The molecule has 0 radical (unpaired) electrons. The molecular formula is C36H36F2NO+. The maximum atomic E-state index is 14.1. The second kappa shape index (κ2) is 8.99. The molecule has 0 unspecified atom stereocenters. The number of nitrogens with zero attached hydrogens (tertiary/aromatic N) is 1. The second-order valence-corrected chi connectivity index (χ2v) is 12.5. The number of aromatic nitrogens is 1. The van der Waals surface area contributed by atoms with E-state index in [1.165, 1.54) is 22.3 Å². The standard InChI is InChI=1S/C36H36F2NO/c1-20(2)16-27-28-19-25(23-10-13-36(37,38)14-11-23)18-24-12-15-39(5)34(32(24)28)33(27)31-22(4)21(3)17-29-26-8-6-7-9-30(26)40-35(29)31/h6-9,12,15,17-20,23H,10-11,13-14,16H2,1-5H3/q+1/i15D. The van der Waals surface area contributed by atoms with Gasteiger partial charge in [-0.2, -0.15) is 0 Å². The monoisotopic (exact) mass is 537 g/mol. The van der Waals surface area contributed by atoms with Crippen molar-refractivity contribution < 1.29 is 19.1 Å². The summed E-state index contributed by atoms with van der Waals surface area (Å²) in [5, 5.41) is 4.39. The van der Waals surface area contributed by atoms with Crippen molar-refractivity contribution in [3.63, 3.8) is 0 Å². The van der Waals surface area contributed by atoms with Crippen LogP contribution in [-0.4, -0.2) is 5.92 Å². The number of aryl methyl sites for hydroxylation is 1. The topological polar surface area (TPSA) is 17.0 Å². The number of halogens is 2. The lowest BCUT2D eigenvalue weighted by atomic mass is 9.80. The Morgan fingerprint density at radius 1 is 1.05 bits per heavy atom. The van der Waals surface area contributed by atoms with Crippen molar-refractivity contribution in [2.75, 3.05) is 0 Å². The highest BCUT2D eigenvalue weighted by atomic mass is 19.3. The Hall–Kier alpha value is -3.53. The number of allylic oxidation sites excluding steroid dienone is 1. The zero-order valence-electron chi connectivity index (χ0n) is 24.9. The molecule has 7 rings (SSSR count). The highest BCUT2D eigenvalue weighted by Gasteiger charge is 2.38. The highest BCUT2D eigenvalue weighted by molar-refractivity contribution is 6.20. The molecule has 2 aromatic heterocycles. The molecule has 1 saturated carbocycles. The van der Waals surface area contributed by atoms with Crippen LogP contribution in [0.5, 0.6) is 0 Å². The molecule has 204 valence electrons. The predicted molar refractivity (Wildman–Crippen MR) is 160 cm³/mol. The van der Waals surface area contributed by atoms with Crippen molar-refractivity contribution in [2.45, 2.75) is 71.6 Å². The van der Waals surface area contributed by atoms with Crippen LogP contribution in [0.3, 0.4) is 0 Å². The van der Waals surface area contributed by atoms with Crippen molar-refractivity contribution in [1.29, 1.82) is 0 Å². The van der Waals surface area contributed by atoms with Crippen LogP contribution in [0, 0.1) is 19.8 Å². The molecule has 2 aliphatic carbocycles. The van der Waals surface area contributed by atoms with Crippen molar-refractivity contribution in [3.05, 3.63) is 88.2 Å². The van der Waals surface area contributed by atoms with E-state index in [0.717, 1.165) is 61.5 Å². The summed E-state index contributed by atoms with van der Waals surface area (Å²) < 4.78 is 45.7. The quantitative estimate of drug-likeness (QED) is 0.209. The van der Waals surface area contributed by atoms with Crippen LogP contribution in [0.1, 0.15) is 86.8 Å². The Kier molecular flexibility index (Phi) is 5.46. The molecular weight excluding hydrogens is 500 g/mol. The lowest BCUT2D eigenvalue weighted by Gasteiger charge is -2.29. The van der Waals surface area contributed by atoms with Gasteiger partial charge in [0.1, 0.15) is 19.6 Å². The number of hydrogen-bond donors (Lipinski definition) is 0. The summed E-state index contributed by atoms with van der Waals surface area (Å²) in [5.41, 5.74) is 11.0. The van der Waals surface area contributed by atoms with Gasteiger partial charge in [-0.05, 0) is 90.3 Å². The predicted octanol–water partition coefficient (Wildman–Crippen LogP) is 9.79. The Bertz CT molecular complexity index is 1920. The maximum absolute atomic E-state index is 14.1. The summed E-state index contributed by atoms with van der Waals surface area (Å²) in [6, 6.07) is 16.8. The van der Waals surface area contributed by atoms with Crippen molar-refractivity contribution >= 4 is 43.9 Å². The number of hydrogen-bond acceptors (Lipinski definition) is 1. The third-order valence-electron chi connectivity index (χ3n) is 9.28. The average Bonchev–Trinajstić information content (AvgIpc) is 3.44. The minimum atomic E-state index is -2.56. The van der Waals surface area contributed by atoms with E-state index >= 15 is 0 Å². The summed E-state index contributed by atoms with van der Waals surface area (Å²) in [6.45, 7) is 8.83. The van der Waals surface area contributed by atoms with Gasteiger partial charge in [-0.25, -0.2) is 13.3 Å². The van der Waals surface area contributed by atoms with E-state index in [4.69, 9.17) is 5.79 Å². The van der Waals surface area contributed by atoms with Crippen LogP contribution in [0.2, 0.25) is 0 Å². The highest BCUT2D eigenvalue weighted by Crippen LogP contribution is 2.51. The van der Waals surface area contributed by atoms with E-state index in [2.05, 4.69) is 58.0 Å². The van der Waals surface area contributed by atoms with E-state index in [0.29, 0.717) is 24.9 Å². The Morgan fingerprint density at radius 3 is 2.55 bits per heavy atom. The number of alkyl halides is 2. The van der Waals surface area contributed by atoms with Crippen molar-refractivity contribution in [3.8, 4) is 0 Å². The molecule has 2 nitrogen and oxygen atoms in total. The van der Waals surface area contributed by atoms with Gasteiger partial charge in [0, 0.05) is 35.2 Å². The molecule has 1 fully saturated rings. The fraction of sp³-hybridized carbons (Fsp3) is 0.361. The third kappa shape index (κ3) is 3.83. The minimum absolute atomic E-state index is 0.0593. The van der Waals surface area contributed by atoms with E-state index in [9.17, 15) is 8.78 Å². The fourth-order valence-electron chi connectivity index (χ4n) is 7.16. The van der Waals surface area contributed by atoms with Gasteiger partial charge in [0.2, 0.25) is 11.6 Å². The van der Waals surface area contributed by atoms with Gasteiger partial charge in [0.05, 0.1) is 11.0 Å². The molecule has 40 heavy (non-hydrogen) atoms. The zero-order valence-corrected chi connectivity index (χ0v) is 23.9. The zero-order chi connectivity index (χ0) is 28.8. The van der Waals surface area contributed by atoms with Gasteiger partial charge in [0.15, 0.2) is 6.17 Å². The first-order valence-corrected chi connectivity index (χ1v) is 14.5. The second-order valence-electron chi connectivity index (χ2n) is 12.5. The van der Waals surface area contributed by atoms with Gasteiger partial charge < -0.3 is 4.42 Å². The summed E-state index contributed by atoms with van der Waals surface area (Å²) >= 11 is 0. The number of para-hydroxylation sites is 1. The van der Waals surface area contributed by atoms with Crippen LogP contribution in [0.25, 0.3) is 43.9 Å². The Morgan fingerprint density at radius 2 is 1.80 bits per heavy atom. The average molecular weight is 538 g/mol. The molecule has 0 bridgehead atoms. The summed E-state index contributed by atoms with van der Waals surface area (Å²) in [5.74, 6) is -2.05. The van der Waals surface area contributed by atoms with Crippen molar-refractivity contribution in [2.24, 2.45) is 13.0 Å². The first-order valence-electron chi connectivity index (χ1n) is 15.0. The molecule has 0 spiro atoms. The molecule has 0 atom stereocenters. The van der Waals surface area contributed by atoms with E-state index in [1.807, 2.05) is 29.8 Å². The number of benzene rings is 3. The van der Waals surface area contributed by atoms with Crippen LogP contribution in [0.15, 0.2) is 59.1 Å². The minimum Gasteiger partial charge on any atom is -0.455 e. The first-order chi connectivity index (χ1) is 19.5. The lowest BCUT2D eigenvalue weighted by Crippen LogP contribution is -2.32. The molecule has 2 aliphatic rings. The Labute approximate surface area is 235 Å². The molecule has 2 heterocycles. The normalized spacial score (nSPS) is 17.6. The van der Waals surface area contributed by atoms with Crippen LogP contribution < -0.4 is 4.57 Å². The van der Waals surface area contributed by atoms with Gasteiger partial charge in [-0.1, -0.05) is 44.2 Å². The summed E-state index contributed by atoms with van der Waals surface area (Å²) in [4.78, 5) is 0. The fourth-order valence-corrected chi connectivity index (χ4v) is 7.16. The van der Waals surface area contributed by atoms with E-state index < -0.39 is 5.92 Å². The molecule has 4 heteroatoms. The molecule has 0 amide bonds. The smallest absolute Gasteiger partial charge is 0.248 e. The number of pyridine rings is 1. The van der Waals surface area contributed by atoms with Gasteiger partial charge >= 0.3 is 0 Å². The lowest BCUT2D eigenvalue weighted by molar-refractivity contribution is -0.672. The summed E-state index contributed by atoms with van der Waals surface area (Å²) in [7, 11) is 1.98. The molecule has 0 saturated heterocycles. The van der Waals surface area contributed by atoms with Gasteiger partial charge in [0.25, 0.3) is 0 Å².